The van der Waals surface area contributed by atoms with Crippen molar-refractivity contribution in [3.8, 4) is 0 Å². The Hall–Kier alpha value is -1.53. The van der Waals surface area contributed by atoms with E-state index in [1.165, 1.54) is 18.9 Å². The number of nitrogens with one attached hydrogen (secondary N) is 1. The van der Waals surface area contributed by atoms with Gasteiger partial charge in [-0.2, -0.15) is 0 Å². The van der Waals surface area contributed by atoms with Crippen molar-refractivity contribution in [3.05, 3.63) is 65.8 Å². The maximum atomic E-state index is 12.8. The van der Waals surface area contributed by atoms with Crippen LogP contribution >= 0.6 is 71.8 Å². The fraction of sp³-hybridized carbons (Fsp3) is 0.250. The van der Waals surface area contributed by atoms with E-state index in [9.17, 15) is 14.4 Å². The van der Waals surface area contributed by atoms with Crippen molar-refractivity contribution in [3.63, 3.8) is 0 Å². The molecule has 0 unspecified atom stereocenters. The van der Waals surface area contributed by atoms with Gasteiger partial charge >= 0.3 is 5.97 Å². The highest BCUT2D eigenvalue weighted by Crippen LogP contribution is 2.35. The van der Waals surface area contributed by atoms with Gasteiger partial charge in [0.15, 0.2) is 0 Å². The zero-order valence-corrected chi connectivity index (χ0v) is 25.0. The number of benzene rings is 2. The second-order valence-corrected chi connectivity index (χ2v) is 11.9. The number of anilines is 1. The second-order valence-electron chi connectivity index (χ2n) is 7.55. The van der Waals surface area contributed by atoms with Crippen LogP contribution in [0, 0.1) is 0 Å². The van der Waals surface area contributed by atoms with Crippen molar-refractivity contribution in [1.29, 1.82) is 0 Å². The van der Waals surface area contributed by atoms with E-state index in [1.54, 1.807) is 35.2 Å². The molecule has 2 amide bonds. The van der Waals surface area contributed by atoms with Crippen LogP contribution in [0.25, 0.3) is 6.08 Å². The normalized spacial score (nSPS) is 14.5. The summed E-state index contributed by atoms with van der Waals surface area (Å²) in [7, 11) is 1.33. The molecular formula is C24H21Br3N2O4S2. The minimum Gasteiger partial charge on any atom is -0.465 e. The van der Waals surface area contributed by atoms with Gasteiger partial charge in [0.05, 0.1) is 23.3 Å². The molecule has 2 aromatic rings. The predicted molar refractivity (Wildman–Crippen MR) is 154 cm³/mol. The first-order chi connectivity index (χ1) is 16.7. The van der Waals surface area contributed by atoms with Gasteiger partial charge in [0.1, 0.15) is 4.32 Å². The van der Waals surface area contributed by atoms with Gasteiger partial charge in [-0.15, -0.1) is 0 Å². The van der Waals surface area contributed by atoms with Crippen molar-refractivity contribution < 1.29 is 19.1 Å². The maximum Gasteiger partial charge on any atom is 0.337 e. The first-order valence-electron chi connectivity index (χ1n) is 10.6. The summed E-state index contributed by atoms with van der Waals surface area (Å²) in [4.78, 5) is 38.8. The number of thioether (sulfide) groups is 1. The van der Waals surface area contributed by atoms with E-state index in [0.717, 1.165) is 31.8 Å². The minimum absolute atomic E-state index is 0.0690. The van der Waals surface area contributed by atoms with E-state index < -0.39 is 5.97 Å². The number of amides is 2. The average Bonchev–Trinajstić information content (AvgIpc) is 3.08. The Morgan fingerprint density at radius 1 is 1.09 bits per heavy atom. The Bertz CT molecular complexity index is 1160. The molecule has 3 rings (SSSR count). The van der Waals surface area contributed by atoms with Crippen LogP contribution in [-0.2, 0) is 14.3 Å². The molecule has 2 aromatic carbocycles. The number of carbonyl (C=O) groups excluding carboxylic acids is 3. The zero-order valence-electron chi connectivity index (χ0n) is 18.6. The van der Waals surface area contributed by atoms with Gasteiger partial charge in [-0.3, -0.25) is 14.5 Å². The van der Waals surface area contributed by atoms with E-state index in [1.807, 2.05) is 12.1 Å². The van der Waals surface area contributed by atoms with Crippen molar-refractivity contribution in [2.75, 3.05) is 19.0 Å². The number of nitrogens with zero attached hydrogens (tertiary/aromatic N) is 1. The molecule has 1 saturated heterocycles. The Balaban J connectivity index is 1.45. The summed E-state index contributed by atoms with van der Waals surface area (Å²) < 4.78 is 7.69. The molecule has 1 N–H and O–H groups in total. The third-order valence-electron chi connectivity index (χ3n) is 5.06. The fourth-order valence-electron chi connectivity index (χ4n) is 3.27. The summed E-state index contributed by atoms with van der Waals surface area (Å²) in [6.45, 7) is 0.509. The lowest BCUT2D eigenvalue weighted by Gasteiger charge is -2.14. The largest absolute Gasteiger partial charge is 0.465 e. The lowest BCUT2D eigenvalue weighted by Crippen LogP contribution is -2.29. The van der Waals surface area contributed by atoms with Gasteiger partial charge < -0.3 is 10.1 Å². The van der Waals surface area contributed by atoms with Crippen LogP contribution in [0.3, 0.4) is 0 Å². The number of rotatable bonds is 9. The average molecular weight is 705 g/mol. The lowest BCUT2D eigenvalue weighted by atomic mass is 10.1. The number of ether oxygens (including phenoxy) is 1. The van der Waals surface area contributed by atoms with E-state index in [2.05, 4.69) is 53.1 Å². The SMILES string of the molecule is COC(=O)c1ccc(/C=C2\SC(=S)N(CCCCCC(=O)Nc3c(Br)cc(Br)cc3Br)C2=O)cc1. The molecule has 0 atom stereocenters. The minimum atomic E-state index is -0.408. The van der Waals surface area contributed by atoms with Gasteiger partial charge in [-0.05, 0) is 80.6 Å². The summed E-state index contributed by atoms with van der Waals surface area (Å²) in [5, 5.41) is 2.92. The molecule has 11 heteroatoms. The molecule has 1 aliphatic heterocycles. The zero-order chi connectivity index (χ0) is 25.5. The highest BCUT2D eigenvalue weighted by Gasteiger charge is 2.31. The van der Waals surface area contributed by atoms with Crippen LogP contribution in [-0.4, -0.2) is 40.7 Å². The van der Waals surface area contributed by atoms with E-state index in [0.29, 0.717) is 39.9 Å². The number of hydrogen-bond acceptors (Lipinski definition) is 6. The molecule has 184 valence electrons. The number of esters is 1. The molecule has 1 aliphatic rings. The Kier molecular flexibility index (Phi) is 10.5. The third-order valence-corrected chi connectivity index (χ3v) is 8.15. The standard InChI is InChI=1S/C24H21Br3N2O4S2/c1-33-23(32)15-8-6-14(7-9-15)11-19-22(31)29(24(34)35-19)10-4-2-3-5-20(30)28-21-17(26)12-16(25)13-18(21)27/h6-9,11-13H,2-5,10H2,1H3,(H,28,30)/b19-11-. The number of halogens is 3. The Labute approximate surface area is 238 Å². The third kappa shape index (κ3) is 7.72. The fourth-order valence-corrected chi connectivity index (χ4v) is 7.04. The molecule has 6 nitrogen and oxygen atoms in total. The maximum absolute atomic E-state index is 12.8. The summed E-state index contributed by atoms with van der Waals surface area (Å²) in [5.74, 6) is -0.602. The quantitative estimate of drug-likeness (QED) is 0.129. The molecule has 1 fully saturated rings. The number of hydrogen-bond donors (Lipinski definition) is 1. The number of thiocarbonyl (C=S) groups is 1. The highest BCUT2D eigenvalue weighted by atomic mass is 79.9. The van der Waals surface area contributed by atoms with Gasteiger partial charge in [0.25, 0.3) is 5.91 Å². The van der Waals surface area contributed by atoms with Gasteiger partial charge in [-0.25, -0.2) is 4.79 Å². The number of carbonyl (C=O) groups is 3. The van der Waals surface area contributed by atoms with Crippen molar-refractivity contribution in [2.24, 2.45) is 0 Å². The smallest absolute Gasteiger partial charge is 0.337 e. The molecule has 1 heterocycles. The summed E-state index contributed by atoms with van der Waals surface area (Å²) in [6.07, 6.45) is 4.39. The van der Waals surface area contributed by atoms with E-state index in [-0.39, 0.29) is 11.8 Å². The van der Waals surface area contributed by atoms with Crippen molar-refractivity contribution >= 4 is 106 Å². The second kappa shape index (κ2) is 13.1. The van der Waals surface area contributed by atoms with Crippen LogP contribution in [0.15, 0.2) is 54.7 Å². The summed E-state index contributed by atoms with van der Waals surface area (Å²) >= 11 is 17.0. The number of methoxy groups -OCH3 is 1. The highest BCUT2D eigenvalue weighted by molar-refractivity contribution is 9.11. The molecule has 0 aromatic heterocycles. The summed E-state index contributed by atoms with van der Waals surface area (Å²) in [5.41, 5.74) is 1.94. The van der Waals surface area contributed by atoms with Crippen LogP contribution in [0.5, 0.6) is 0 Å². The number of unbranched alkanes of at least 4 members (excludes halogenated alkanes) is 2. The lowest BCUT2D eigenvalue weighted by molar-refractivity contribution is -0.122. The van der Waals surface area contributed by atoms with Crippen LogP contribution < -0.4 is 5.32 Å². The molecule has 0 bridgehead atoms. The first-order valence-corrected chi connectivity index (χ1v) is 14.2. The van der Waals surface area contributed by atoms with Crippen molar-refractivity contribution in [2.45, 2.75) is 25.7 Å². The van der Waals surface area contributed by atoms with Gasteiger partial charge in [-0.1, -0.05) is 58.5 Å². The van der Waals surface area contributed by atoms with Crippen LogP contribution in [0.1, 0.15) is 41.6 Å². The summed E-state index contributed by atoms with van der Waals surface area (Å²) in [6, 6.07) is 10.6. The molecule has 0 saturated carbocycles. The Morgan fingerprint density at radius 3 is 2.37 bits per heavy atom. The van der Waals surface area contributed by atoms with E-state index in [4.69, 9.17) is 17.0 Å². The molecule has 0 spiro atoms. The van der Waals surface area contributed by atoms with Gasteiger partial charge in [0.2, 0.25) is 5.91 Å². The topological polar surface area (TPSA) is 75.7 Å². The monoisotopic (exact) mass is 702 g/mol. The molecule has 0 aliphatic carbocycles. The van der Waals surface area contributed by atoms with Crippen LogP contribution in [0.4, 0.5) is 5.69 Å². The molecule has 0 radical (unpaired) electrons. The van der Waals surface area contributed by atoms with E-state index >= 15 is 0 Å². The first kappa shape index (κ1) is 28.0. The molecule has 35 heavy (non-hydrogen) atoms. The van der Waals surface area contributed by atoms with Gasteiger partial charge in [0, 0.05) is 26.4 Å². The van der Waals surface area contributed by atoms with Crippen LogP contribution in [0.2, 0.25) is 0 Å². The predicted octanol–water partition coefficient (Wildman–Crippen LogP) is 7.16. The molecular weight excluding hydrogens is 684 g/mol. The Morgan fingerprint density at radius 2 is 1.74 bits per heavy atom. The van der Waals surface area contributed by atoms with Crippen molar-refractivity contribution in [1.82, 2.24) is 4.90 Å².